The maximum absolute atomic E-state index is 14.7. The van der Waals surface area contributed by atoms with Crippen LogP contribution in [0.5, 0.6) is 0 Å². The maximum Gasteiger partial charge on any atom is 0.131 e. The summed E-state index contributed by atoms with van der Waals surface area (Å²) in [5, 5.41) is 0. The Labute approximate surface area is 291 Å². The fraction of sp³-hybridized carbons (Fsp3) is 0.191. The summed E-state index contributed by atoms with van der Waals surface area (Å²) in [6.45, 7) is 10.2. The number of allylic oxidation sites excluding steroid dienone is 1. The maximum atomic E-state index is 14.7. The highest BCUT2D eigenvalue weighted by Gasteiger charge is 2.09. The molecule has 0 aliphatic carbocycles. The van der Waals surface area contributed by atoms with Gasteiger partial charge < -0.3 is 0 Å². The van der Waals surface area contributed by atoms with E-state index in [1.165, 1.54) is 22.3 Å². The van der Waals surface area contributed by atoms with Crippen LogP contribution in [0, 0.1) is 11.6 Å². The van der Waals surface area contributed by atoms with Crippen LogP contribution in [0.1, 0.15) is 55.9 Å². The fourth-order valence-corrected chi connectivity index (χ4v) is 5.98. The van der Waals surface area contributed by atoms with E-state index in [1.54, 1.807) is 12.1 Å². The highest BCUT2D eigenvalue weighted by Crippen LogP contribution is 2.30. The standard InChI is InChI=1S/C24H23F.C23H23F/c1-3-5-6-19-9-13-21(14-10-19)23-16-15-22(17-24(23)25)20-11-7-18(4-2)8-12-20;1-3-5-18-8-12-20(13-9-18)22-15-14-21(16-23(22)24)19-10-6-17(4-2)7-11-19/h3,7-17H,1,4-6H2,2H3;6-16H,3-5H2,1-2H3. The first-order valence-electron chi connectivity index (χ1n) is 17.5. The van der Waals surface area contributed by atoms with Crippen molar-refractivity contribution in [1.29, 1.82) is 0 Å². The van der Waals surface area contributed by atoms with Crippen molar-refractivity contribution in [3.8, 4) is 44.5 Å². The summed E-state index contributed by atoms with van der Waals surface area (Å²) < 4.78 is 29.3. The number of benzene rings is 6. The molecular formula is C47H46F2. The van der Waals surface area contributed by atoms with Crippen LogP contribution in [0.25, 0.3) is 44.5 Å². The number of aryl methyl sites for hydroxylation is 4. The molecule has 0 heterocycles. The van der Waals surface area contributed by atoms with Gasteiger partial charge in [0.15, 0.2) is 0 Å². The SMILES string of the molecule is C=CCCc1ccc(-c2ccc(-c3ccc(CC)cc3)cc2F)cc1.CCCc1ccc(-c2ccc(-c3ccc(CC)cc3)cc2F)cc1. The van der Waals surface area contributed by atoms with E-state index in [2.05, 4.69) is 100 Å². The molecule has 0 saturated heterocycles. The van der Waals surface area contributed by atoms with E-state index in [-0.39, 0.29) is 11.6 Å². The van der Waals surface area contributed by atoms with Crippen molar-refractivity contribution < 1.29 is 8.78 Å². The Balaban J connectivity index is 0.000000191. The van der Waals surface area contributed by atoms with Crippen molar-refractivity contribution in [3.63, 3.8) is 0 Å². The van der Waals surface area contributed by atoms with Crippen LogP contribution in [0.2, 0.25) is 0 Å². The van der Waals surface area contributed by atoms with Crippen LogP contribution >= 0.6 is 0 Å². The largest absolute Gasteiger partial charge is 0.206 e. The van der Waals surface area contributed by atoms with Crippen LogP contribution in [0.4, 0.5) is 8.78 Å². The molecule has 6 aromatic rings. The lowest BCUT2D eigenvalue weighted by molar-refractivity contribution is 0.631. The Hall–Kier alpha value is -5.08. The molecule has 2 heteroatoms. The van der Waals surface area contributed by atoms with E-state index >= 15 is 0 Å². The monoisotopic (exact) mass is 648 g/mol. The molecule has 49 heavy (non-hydrogen) atoms. The van der Waals surface area contributed by atoms with Gasteiger partial charge in [0.2, 0.25) is 0 Å². The van der Waals surface area contributed by atoms with Gasteiger partial charge in [-0.15, -0.1) is 6.58 Å². The molecule has 6 aromatic carbocycles. The fourth-order valence-electron chi connectivity index (χ4n) is 5.98. The summed E-state index contributed by atoms with van der Waals surface area (Å²) in [4.78, 5) is 0. The number of halogens is 2. The molecule has 0 saturated carbocycles. The van der Waals surface area contributed by atoms with Crippen molar-refractivity contribution in [3.05, 3.63) is 180 Å². The summed E-state index contributed by atoms with van der Waals surface area (Å²) in [5.74, 6) is -0.355. The van der Waals surface area contributed by atoms with Crippen molar-refractivity contribution >= 4 is 0 Å². The van der Waals surface area contributed by atoms with Gasteiger partial charge >= 0.3 is 0 Å². The second-order valence-corrected chi connectivity index (χ2v) is 12.5. The van der Waals surface area contributed by atoms with E-state index in [1.807, 2.05) is 54.6 Å². The zero-order chi connectivity index (χ0) is 34.6. The van der Waals surface area contributed by atoms with Gasteiger partial charge in [-0.25, -0.2) is 8.78 Å². The van der Waals surface area contributed by atoms with E-state index in [0.29, 0.717) is 11.1 Å². The van der Waals surface area contributed by atoms with Gasteiger partial charge in [-0.2, -0.15) is 0 Å². The lowest BCUT2D eigenvalue weighted by atomic mass is 9.97. The van der Waals surface area contributed by atoms with Gasteiger partial charge in [0.25, 0.3) is 0 Å². The van der Waals surface area contributed by atoms with Crippen LogP contribution in [-0.4, -0.2) is 0 Å². The van der Waals surface area contributed by atoms with Crippen LogP contribution in [0.15, 0.2) is 146 Å². The molecule has 0 atom stereocenters. The molecule has 0 aliphatic rings. The molecule has 0 nitrogen and oxygen atoms in total. The van der Waals surface area contributed by atoms with Gasteiger partial charge in [0.1, 0.15) is 11.6 Å². The zero-order valence-corrected chi connectivity index (χ0v) is 29.0. The Morgan fingerprint density at radius 2 is 0.776 bits per heavy atom. The molecule has 0 N–H and O–H groups in total. The zero-order valence-electron chi connectivity index (χ0n) is 29.0. The molecule has 0 unspecified atom stereocenters. The average molecular weight is 649 g/mol. The highest BCUT2D eigenvalue weighted by molar-refractivity contribution is 5.72. The molecule has 0 aromatic heterocycles. The quantitative estimate of drug-likeness (QED) is 0.123. The molecule has 248 valence electrons. The van der Waals surface area contributed by atoms with Gasteiger partial charge in [-0.1, -0.05) is 155 Å². The summed E-state index contributed by atoms with van der Waals surface area (Å²) in [6.07, 6.45) is 8.06. The Morgan fingerprint density at radius 3 is 1.12 bits per heavy atom. The van der Waals surface area contributed by atoms with Crippen LogP contribution in [-0.2, 0) is 25.7 Å². The molecule has 6 rings (SSSR count). The highest BCUT2D eigenvalue weighted by atomic mass is 19.1. The van der Waals surface area contributed by atoms with Gasteiger partial charge in [-0.05, 0) is 99.9 Å². The lowest BCUT2D eigenvalue weighted by Crippen LogP contribution is -1.89. The topological polar surface area (TPSA) is 0 Å². The normalized spacial score (nSPS) is 10.7. The third-order valence-corrected chi connectivity index (χ3v) is 9.03. The first-order chi connectivity index (χ1) is 23.9. The van der Waals surface area contributed by atoms with Crippen molar-refractivity contribution in [2.45, 2.75) is 59.3 Å². The van der Waals surface area contributed by atoms with Gasteiger partial charge in [0.05, 0.1) is 0 Å². The van der Waals surface area contributed by atoms with Crippen molar-refractivity contribution in [1.82, 2.24) is 0 Å². The minimum Gasteiger partial charge on any atom is -0.206 e. The first kappa shape index (κ1) is 35.2. The molecule has 0 amide bonds. The summed E-state index contributed by atoms with van der Waals surface area (Å²) in [6, 6.07) is 44.0. The molecule has 0 spiro atoms. The van der Waals surface area contributed by atoms with Crippen LogP contribution in [0.3, 0.4) is 0 Å². The minimum atomic E-state index is -0.184. The predicted molar refractivity (Wildman–Crippen MR) is 206 cm³/mol. The van der Waals surface area contributed by atoms with E-state index in [4.69, 9.17) is 0 Å². The summed E-state index contributed by atoms with van der Waals surface area (Å²) in [7, 11) is 0. The smallest absolute Gasteiger partial charge is 0.131 e. The van der Waals surface area contributed by atoms with E-state index in [0.717, 1.165) is 71.9 Å². The van der Waals surface area contributed by atoms with Gasteiger partial charge in [0, 0.05) is 11.1 Å². The average Bonchev–Trinajstić information content (AvgIpc) is 3.15. The molecular weight excluding hydrogens is 603 g/mol. The number of hydrogen-bond donors (Lipinski definition) is 0. The Bertz CT molecular complexity index is 1930. The Morgan fingerprint density at radius 1 is 0.429 bits per heavy atom. The van der Waals surface area contributed by atoms with Crippen molar-refractivity contribution in [2.24, 2.45) is 0 Å². The predicted octanol–water partition coefficient (Wildman–Crippen LogP) is 13.5. The molecule has 0 fully saturated rings. The summed E-state index contributed by atoms with van der Waals surface area (Å²) >= 11 is 0. The van der Waals surface area contributed by atoms with Crippen LogP contribution < -0.4 is 0 Å². The Kier molecular flexibility index (Phi) is 12.5. The third-order valence-electron chi connectivity index (χ3n) is 9.03. The second kappa shape index (κ2) is 17.4. The molecule has 0 radical (unpaired) electrons. The third kappa shape index (κ3) is 9.30. The minimum absolute atomic E-state index is 0.171. The lowest BCUT2D eigenvalue weighted by Gasteiger charge is -2.08. The van der Waals surface area contributed by atoms with E-state index in [9.17, 15) is 8.78 Å². The molecule has 0 aliphatic heterocycles. The number of hydrogen-bond acceptors (Lipinski definition) is 0. The number of rotatable bonds is 11. The second-order valence-electron chi connectivity index (χ2n) is 12.5. The molecule has 0 bridgehead atoms. The van der Waals surface area contributed by atoms with E-state index < -0.39 is 0 Å². The van der Waals surface area contributed by atoms with Gasteiger partial charge in [-0.3, -0.25) is 0 Å². The first-order valence-corrected chi connectivity index (χ1v) is 17.5. The van der Waals surface area contributed by atoms with Crippen molar-refractivity contribution in [2.75, 3.05) is 0 Å². The summed E-state index contributed by atoms with van der Waals surface area (Å²) in [5.41, 5.74) is 12.2.